The second-order valence-electron chi connectivity index (χ2n) is 3.04. The van der Waals surface area contributed by atoms with Crippen molar-refractivity contribution in [3.63, 3.8) is 0 Å². The van der Waals surface area contributed by atoms with Gasteiger partial charge in [0.25, 0.3) is 0 Å². The van der Waals surface area contributed by atoms with Crippen LogP contribution in [0.2, 0.25) is 0 Å². The van der Waals surface area contributed by atoms with E-state index in [-0.39, 0.29) is 0 Å². The molecule has 0 fully saturated rings. The number of anilines is 1. The molecule has 5 heteroatoms. The summed E-state index contributed by atoms with van der Waals surface area (Å²) in [6.45, 7) is 5.04. The van der Waals surface area contributed by atoms with Crippen LogP contribution in [0.25, 0.3) is 0 Å². The van der Waals surface area contributed by atoms with Gasteiger partial charge >= 0.3 is 5.95 Å². The molecular weight excluding hydrogens is 142 g/mol. The Bertz CT molecular complexity index is 239. The van der Waals surface area contributed by atoms with Gasteiger partial charge in [-0.1, -0.05) is 18.5 Å². The summed E-state index contributed by atoms with van der Waals surface area (Å²) in [6.07, 6.45) is 0. The largest absolute Gasteiger partial charge is 0.362 e. The zero-order valence-corrected chi connectivity index (χ0v) is 7.15. The van der Waals surface area contributed by atoms with Crippen LogP contribution in [0.1, 0.15) is 13.8 Å². The highest BCUT2D eigenvalue weighted by Crippen LogP contribution is 1.98. The summed E-state index contributed by atoms with van der Waals surface area (Å²) in [4.78, 5) is 0. The van der Waals surface area contributed by atoms with E-state index < -0.39 is 0 Å². The molecule has 0 saturated carbocycles. The summed E-state index contributed by atoms with van der Waals surface area (Å²) in [6, 6.07) is 0. The van der Waals surface area contributed by atoms with Crippen LogP contribution < -0.4 is 10.4 Å². The van der Waals surface area contributed by atoms with E-state index in [0.717, 1.165) is 6.54 Å². The fourth-order valence-corrected chi connectivity index (χ4v) is 0.843. The van der Waals surface area contributed by atoms with E-state index in [1.165, 1.54) is 0 Å². The first-order valence-electron chi connectivity index (χ1n) is 3.66. The molecule has 62 valence electrons. The molecule has 0 amide bonds. The highest BCUT2D eigenvalue weighted by Gasteiger charge is 2.12. The quantitative estimate of drug-likeness (QED) is 0.578. The Morgan fingerprint density at radius 1 is 1.64 bits per heavy atom. The fourth-order valence-electron chi connectivity index (χ4n) is 0.843. The lowest BCUT2D eigenvalue weighted by molar-refractivity contribution is -0.718. The number of hydrogen-bond acceptors (Lipinski definition) is 3. The minimum Gasteiger partial charge on any atom is -0.306 e. The molecule has 0 aromatic carbocycles. The number of nitrogens with zero attached hydrogens (tertiary/aromatic N) is 4. The van der Waals surface area contributed by atoms with Gasteiger partial charge in [-0.3, -0.25) is 0 Å². The molecule has 0 radical (unpaired) electrons. The molecule has 0 atom stereocenters. The topological polar surface area (TPSA) is 60.6 Å². The summed E-state index contributed by atoms with van der Waals surface area (Å²) >= 11 is 0. The van der Waals surface area contributed by atoms with Gasteiger partial charge in [-0.25, -0.2) is 0 Å². The minimum atomic E-state index is 0.541. The van der Waals surface area contributed by atoms with Crippen LogP contribution in [0.4, 0.5) is 5.95 Å². The standard InChI is InChI=1S/C6H13N5/c1-5(2)4-11-6(7)10(3)8-9-11/h5,7H,4H2,1-3H3/p+1. The predicted molar refractivity (Wildman–Crippen MR) is 40.4 cm³/mol. The number of hydrogen-bond donors (Lipinski definition) is 1. The van der Waals surface area contributed by atoms with E-state index in [0.29, 0.717) is 11.9 Å². The maximum atomic E-state index is 5.65. The van der Waals surface area contributed by atoms with Crippen molar-refractivity contribution in [2.45, 2.75) is 20.4 Å². The number of nitrogens with two attached hydrogens (primary N) is 1. The molecule has 1 rings (SSSR count). The van der Waals surface area contributed by atoms with Gasteiger partial charge in [0, 0.05) is 0 Å². The third-order valence-corrected chi connectivity index (χ3v) is 1.42. The zero-order chi connectivity index (χ0) is 8.43. The van der Waals surface area contributed by atoms with Gasteiger partial charge in [-0.2, -0.15) is 0 Å². The first-order chi connectivity index (χ1) is 5.11. The van der Waals surface area contributed by atoms with Gasteiger partial charge in [0.1, 0.15) is 5.21 Å². The van der Waals surface area contributed by atoms with Crippen molar-refractivity contribution in [2.75, 3.05) is 5.73 Å². The third kappa shape index (κ3) is 1.66. The molecule has 1 heterocycles. The summed E-state index contributed by atoms with van der Waals surface area (Å²) in [5.74, 6) is 1.14. The van der Waals surface area contributed by atoms with Gasteiger partial charge in [-0.15, -0.1) is 4.68 Å². The molecule has 11 heavy (non-hydrogen) atoms. The van der Waals surface area contributed by atoms with Crippen molar-refractivity contribution < 1.29 is 4.68 Å². The molecule has 0 spiro atoms. The highest BCUT2D eigenvalue weighted by molar-refractivity contribution is 5.02. The Morgan fingerprint density at radius 2 is 2.27 bits per heavy atom. The fraction of sp³-hybridized carbons (Fsp3) is 0.833. The van der Waals surface area contributed by atoms with Crippen molar-refractivity contribution >= 4 is 5.95 Å². The van der Waals surface area contributed by atoms with E-state index in [4.69, 9.17) is 5.73 Å². The lowest BCUT2D eigenvalue weighted by Gasteiger charge is -1.97. The Kier molecular flexibility index (Phi) is 2.07. The van der Waals surface area contributed by atoms with Crippen molar-refractivity contribution in [2.24, 2.45) is 13.0 Å². The van der Waals surface area contributed by atoms with Crippen LogP contribution in [-0.2, 0) is 13.6 Å². The van der Waals surface area contributed by atoms with Crippen LogP contribution in [0.15, 0.2) is 0 Å². The summed E-state index contributed by atoms with van der Waals surface area (Å²) < 4.78 is 3.26. The van der Waals surface area contributed by atoms with Gasteiger partial charge in [-0.05, 0) is 5.92 Å². The monoisotopic (exact) mass is 156 g/mol. The van der Waals surface area contributed by atoms with Crippen LogP contribution in [-0.4, -0.2) is 15.1 Å². The molecule has 0 bridgehead atoms. The van der Waals surface area contributed by atoms with Gasteiger partial charge < -0.3 is 5.73 Å². The molecule has 5 nitrogen and oxygen atoms in total. The number of aryl methyl sites for hydroxylation is 1. The molecular formula is C6H14N5+. The molecule has 0 unspecified atom stereocenters. The van der Waals surface area contributed by atoms with E-state index in [9.17, 15) is 0 Å². The summed E-state index contributed by atoms with van der Waals surface area (Å²) in [7, 11) is 1.78. The number of aromatic nitrogens is 4. The Hall–Kier alpha value is -1.13. The van der Waals surface area contributed by atoms with Crippen LogP contribution >= 0.6 is 0 Å². The van der Waals surface area contributed by atoms with E-state index in [1.54, 1.807) is 16.4 Å². The maximum absolute atomic E-state index is 5.65. The van der Waals surface area contributed by atoms with Crippen molar-refractivity contribution in [1.29, 1.82) is 0 Å². The summed E-state index contributed by atoms with van der Waals surface area (Å²) in [5, 5.41) is 7.63. The van der Waals surface area contributed by atoms with Crippen LogP contribution in [0.5, 0.6) is 0 Å². The average molecular weight is 156 g/mol. The first-order valence-corrected chi connectivity index (χ1v) is 3.66. The van der Waals surface area contributed by atoms with E-state index in [2.05, 4.69) is 24.3 Å². The molecule has 2 N–H and O–H groups in total. The molecule has 1 aromatic heterocycles. The maximum Gasteiger partial charge on any atom is 0.362 e. The third-order valence-electron chi connectivity index (χ3n) is 1.42. The van der Waals surface area contributed by atoms with Crippen LogP contribution in [0.3, 0.4) is 0 Å². The zero-order valence-electron chi connectivity index (χ0n) is 7.15. The molecule has 0 aliphatic carbocycles. The van der Waals surface area contributed by atoms with Crippen molar-refractivity contribution in [1.82, 2.24) is 15.1 Å². The minimum absolute atomic E-state index is 0.541. The van der Waals surface area contributed by atoms with E-state index in [1.807, 2.05) is 0 Å². The molecule has 1 aromatic rings. The van der Waals surface area contributed by atoms with Crippen molar-refractivity contribution in [3.8, 4) is 0 Å². The van der Waals surface area contributed by atoms with Gasteiger partial charge in [0.15, 0.2) is 0 Å². The van der Waals surface area contributed by atoms with E-state index >= 15 is 0 Å². The second kappa shape index (κ2) is 2.86. The highest BCUT2D eigenvalue weighted by atomic mass is 15.6. The van der Waals surface area contributed by atoms with Gasteiger partial charge in [0.05, 0.1) is 18.8 Å². The Morgan fingerprint density at radius 3 is 2.64 bits per heavy atom. The Labute approximate surface area is 65.8 Å². The normalized spacial score (nSPS) is 10.9. The number of nitrogen functional groups attached to an aromatic ring is 1. The Balaban J connectivity index is 2.79. The summed E-state index contributed by atoms with van der Waals surface area (Å²) in [5.41, 5.74) is 5.65. The lowest BCUT2D eigenvalue weighted by Crippen LogP contribution is -2.34. The smallest absolute Gasteiger partial charge is 0.306 e. The number of rotatable bonds is 2. The molecule has 0 saturated heterocycles. The molecule has 0 aliphatic heterocycles. The number of tetrazole rings is 1. The molecule has 0 aliphatic rings. The SMILES string of the molecule is CC(C)Cn1nn[n+](C)c1N. The lowest BCUT2D eigenvalue weighted by atomic mass is 10.2. The second-order valence-corrected chi connectivity index (χ2v) is 3.04. The van der Waals surface area contributed by atoms with Crippen molar-refractivity contribution in [3.05, 3.63) is 0 Å². The van der Waals surface area contributed by atoms with Crippen LogP contribution in [0, 0.1) is 5.92 Å². The van der Waals surface area contributed by atoms with Gasteiger partial charge in [0.2, 0.25) is 0 Å². The first kappa shape index (κ1) is 7.97. The average Bonchev–Trinajstić information content (AvgIpc) is 2.18. The predicted octanol–water partition coefficient (Wildman–Crippen LogP) is -0.659.